The summed E-state index contributed by atoms with van der Waals surface area (Å²) < 4.78 is 5.39. The van der Waals surface area contributed by atoms with Crippen LogP contribution in [0.2, 0.25) is 0 Å². The average molecular weight is 515 g/mol. The fourth-order valence-electron chi connectivity index (χ4n) is 6.04. The third-order valence-corrected chi connectivity index (χ3v) is 8.39. The standard InChI is InChI=1S/C29H46N4O4/c1-23-26(29(36)32-13-7-2-3-8-14-32)21-25(22-27(34)30-12-16-31-17-19-37-20-18-31)28(35)33(23)15-11-24-9-5-4-6-10-24/h9,25H,2-8,10-22H2,1H3,(H,30,34). The molecule has 1 N–H and O–H groups in total. The first-order valence-electron chi connectivity index (χ1n) is 14.6. The number of rotatable bonds is 9. The summed E-state index contributed by atoms with van der Waals surface area (Å²) in [5.74, 6) is -0.544. The van der Waals surface area contributed by atoms with Crippen LogP contribution in [-0.2, 0) is 19.1 Å². The monoisotopic (exact) mass is 514 g/mol. The molecule has 37 heavy (non-hydrogen) atoms. The van der Waals surface area contributed by atoms with E-state index in [1.807, 2.05) is 16.7 Å². The molecule has 8 heteroatoms. The second kappa shape index (κ2) is 14.1. The van der Waals surface area contributed by atoms with Gasteiger partial charge in [0.15, 0.2) is 0 Å². The minimum Gasteiger partial charge on any atom is -0.379 e. The molecule has 2 saturated heterocycles. The number of allylic oxidation sites excluding steroid dienone is 2. The van der Waals surface area contributed by atoms with Crippen LogP contribution in [0.3, 0.4) is 0 Å². The average Bonchev–Trinajstić information content (AvgIpc) is 3.21. The van der Waals surface area contributed by atoms with Crippen molar-refractivity contribution in [1.82, 2.24) is 20.0 Å². The lowest BCUT2D eigenvalue weighted by Gasteiger charge is -2.36. The second-order valence-electron chi connectivity index (χ2n) is 11.0. The first-order chi connectivity index (χ1) is 18.0. The molecular formula is C29H46N4O4. The van der Waals surface area contributed by atoms with Crippen molar-refractivity contribution in [3.8, 4) is 0 Å². The van der Waals surface area contributed by atoms with Crippen LogP contribution in [0, 0.1) is 5.92 Å². The highest BCUT2D eigenvalue weighted by Crippen LogP contribution is 2.32. The number of hydrogen-bond acceptors (Lipinski definition) is 5. The van der Waals surface area contributed by atoms with E-state index < -0.39 is 5.92 Å². The van der Waals surface area contributed by atoms with Crippen LogP contribution in [0.15, 0.2) is 22.9 Å². The van der Waals surface area contributed by atoms with Crippen LogP contribution in [0.1, 0.15) is 77.6 Å². The second-order valence-corrected chi connectivity index (χ2v) is 11.0. The fourth-order valence-corrected chi connectivity index (χ4v) is 6.04. The van der Waals surface area contributed by atoms with E-state index in [0.717, 1.165) is 102 Å². The van der Waals surface area contributed by atoms with Crippen LogP contribution < -0.4 is 5.32 Å². The molecule has 4 aliphatic rings. The van der Waals surface area contributed by atoms with Crippen LogP contribution in [0.25, 0.3) is 0 Å². The van der Waals surface area contributed by atoms with Gasteiger partial charge in [0, 0.05) is 63.5 Å². The van der Waals surface area contributed by atoms with Crippen molar-refractivity contribution in [2.75, 3.05) is 59.0 Å². The zero-order chi connectivity index (χ0) is 26.0. The highest BCUT2D eigenvalue weighted by molar-refractivity contribution is 5.98. The molecule has 0 radical (unpaired) electrons. The van der Waals surface area contributed by atoms with Gasteiger partial charge in [0.05, 0.1) is 19.1 Å². The third kappa shape index (κ3) is 7.90. The Hall–Kier alpha value is -2.19. The number of nitrogens with one attached hydrogen (secondary N) is 1. The molecule has 0 bridgehead atoms. The molecule has 3 amide bonds. The van der Waals surface area contributed by atoms with E-state index in [0.29, 0.717) is 19.5 Å². The zero-order valence-electron chi connectivity index (χ0n) is 22.8. The molecule has 3 aliphatic heterocycles. The number of nitrogens with zero attached hydrogens (tertiary/aromatic N) is 3. The van der Waals surface area contributed by atoms with Crippen LogP contribution in [0.5, 0.6) is 0 Å². The van der Waals surface area contributed by atoms with Crippen molar-refractivity contribution in [3.63, 3.8) is 0 Å². The molecule has 0 aromatic rings. The summed E-state index contributed by atoms with van der Waals surface area (Å²) in [6.07, 6.45) is 12.7. The van der Waals surface area contributed by atoms with Gasteiger partial charge in [-0.2, -0.15) is 0 Å². The Morgan fingerprint density at radius 3 is 2.46 bits per heavy atom. The number of morpholine rings is 1. The van der Waals surface area contributed by atoms with Crippen molar-refractivity contribution >= 4 is 17.7 Å². The molecular weight excluding hydrogens is 468 g/mol. The van der Waals surface area contributed by atoms with E-state index in [1.165, 1.54) is 18.4 Å². The van der Waals surface area contributed by atoms with E-state index in [1.54, 1.807) is 0 Å². The number of carbonyl (C=O) groups excluding carboxylic acids is 3. The van der Waals surface area contributed by atoms with Gasteiger partial charge in [-0.15, -0.1) is 0 Å². The van der Waals surface area contributed by atoms with Crippen molar-refractivity contribution in [3.05, 3.63) is 22.9 Å². The van der Waals surface area contributed by atoms with Crippen molar-refractivity contribution < 1.29 is 19.1 Å². The first-order valence-corrected chi connectivity index (χ1v) is 14.6. The smallest absolute Gasteiger partial charge is 0.251 e. The Morgan fingerprint density at radius 1 is 1.00 bits per heavy atom. The Labute approximate surface area is 222 Å². The van der Waals surface area contributed by atoms with Gasteiger partial charge in [0.1, 0.15) is 0 Å². The summed E-state index contributed by atoms with van der Waals surface area (Å²) in [6.45, 7) is 8.65. The van der Waals surface area contributed by atoms with Crippen LogP contribution in [0.4, 0.5) is 0 Å². The van der Waals surface area contributed by atoms with Crippen LogP contribution >= 0.6 is 0 Å². The number of ether oxygens (including phenoxy) is 1. The lowest BCUT2D eigenvalue weighted by atomic mass is 9.87. The molecule has 1 atom stereocenters. The number of likely N-dealkylation sites (tertiary alicyclic amines) is 1. The van der Waals surface area contributed by atoms with Gasteiger partial charge in [-0.05, 0) is 58.3 Å². The molecule has 2 fully saturated rings. The molecule has 1 aliphatic carbocycles. The van der Waals surface area contributed by atoms with Crippen molar-refractivity contribution in [1.29, 1.82) is 0 Å². The van der Waals surface area contributed by atoms with Gasteiger partial charge >= 0.3 is 0 Å². The Bertz CT molecular complexity index is 869. The maximum absolute atomic E-state index is 13.7. The topological polar surface area (TPSA) is 82.2 Å². The van der Waals surface area contributed by atoms with Crippen molar-refractivity contribution in [2.45, 2.75) is 77.6 Å². The number of carbonyl (C=O) groups is 3. The normalized spacial score (nSPS) is 24.1. The van der Waals surface area contributed by atoms with E-state index >= 15 is 0 Å². The predicted octanol–water partition coefficient (Wildman–Crippen LogP) is 3.24. The molecule has 1 unspecified atom stereocenters. The SMILES string of the molecule is CC1=C(C(=O)N2CCCCCC2)CC(CC(=O)NCCN2CCOCC2)C(=O)N1CCC1=CCCCC1. The number of amides is 3. The molecule has 0 aromatic carbocycles. The van der Waals surface area contributed by atoms with Gasteiger partial charge in [-0.25, -0.2) is 0 Å². The van der Waals surface area contributed by atoms with Gasteiger partial charge in [0.2, 0.25) is 11.8 Å². The van der Waals surface area contributed by atoms with Crippen molar-refractivity contribution in [2.24, 2.45) is 5.92 Å². The largest absolute Gasteiger partial charge is 0.379 e. The lowest BCUT2D eigenvalue weighted by molar-refractivity contribution is -0.138. The molecule has 0 aromatic heterocycles. The Balaban J connectivity index is 1.42. The van der Waals surface area contributed by atoms with Crippen LogP contribution in [-0.4, -0.2) is 91.4 Å². The summed E-state index contributed by atoms with van der Waals surface area (Å²) in [4.78, 5) is 46.2. The summed E-state index contributed by atoms with van der Waals surface area (Å²) in [5.41, 5.74) is 2.93. The molecule has 0 spiro atoms. The molecule has 206 valence electrons. The molecule has 3 heterocycles. The van der Waals surface area contributed by atoms with E-state index in [9.17, 15) is 14.4 Å². The third-order valence-electron chi connectivity index (χ3n) is 8.39. The Morgan fingerprint density at radius 2 is 1.76 bits per heavy atom. The summed E-state index contributed by atoms with van der Waals surface area (Å²) >= 11 is 0. The Kier molecular flexibility index (Phi) is 10.6. The van der Waals surface area contributed by atoms with Gasteiger partial charge in [-0.3, -0.25) is 19.3 Å². The summed E-state index contributed by atoms with van der Waals surface area (Å²) in [5, 5.41) is 3.01. The van der Waals surface area contributed by atoms with Gasteiger partial charge in [0.25, 0.3) is 5.91 Å². The highest BCUT2D eigenvalue weighted by atomic mass is 16.5. The summed E-state index contributed by atoms with van der Waals surface area (Å²) in [6, 6.07) is 0. The summed E-state index contributed by atoms with van der Waals surface area (Å²) in [7, 11) is 0. The first kappa shape index (κ1) is 27.8. The van der Waals surface area contributed by atoms with E-state index in [-0.39, 0.29) is 24.1 Å². The molecule has 0 saturated carbocycles. The zero-order valence-corrected chi connectivity index (χ0v) is 22.8. The molecule has 4 rings (SSSR count). The fraction of sp³-hybridized carbons (Fsp3) is 0.759. The van der Waals surface area contributed by atoms with E-state index in [2.05, 4.69) is 16.3 Å². The van der Waals surface area contributed by atoms with Gasteiger partial charge in [-0.1, -0.05) is 24.5 Å². The minimum atomic E-state index is -0.488. The van der Waals surface area contributed by atoms with Gasteiger partial charge < -0.3 is 19.9 Å². The van der Waals surface area contributed by atoms with E-state index in [4.69, 9.17) is 4.74 Å². The minimum absolute atomic E-state index is 0.00958. The highest BCUT2D eigenvalue weighted by Gasteiger charge is 2.37. The lowest BCUT2D eigenvalue weighted by Crippen LogP contribution is -2.46. The maximum atomic E-state index is 13.7. The maximum Gasteiger partial charge on any atom is 0.251 e. The predicted molar refractivity (Wildman–Crippen MR) is 144 cm³/mol. The molecule has 8 nitrogen and oxygen atoms in total. The number of hydrogen-bond donors (Lipinski definition) is 1. The quantitative estimate of drug-likeness (QED) is 0.478.